The van der Waals surface area contributed by atoms with Gasteiger partial charge in [-0.05, 0) is 42.7 Å². The van der Waals surface area contributed by atoms with Gasteiger partial charge in [-0.1, -0.05) is 48.4 Å². The van der Waals surface area contributed by atoms with E-state index in [0.29, 0.717) is 42.0 Å². The number of carboxylic acids is 1. The van der Waals surface area contributed by atoms with Gasteiger partial charge in [-0.2, -0.15) is 0 Å². The van der Waals surface area contributed by atoms with Crippen LogP contribution in [-0.4, -0.2) is 39.3 Å². The van der Waals surface area contributed by atoms with Crippen LogP contribution in [0.5, 0.6) is 0 Å². The zero-order valence-electron chi connectivity index (χ0n) is 16.3. The van der Waals surface area contributed by atoms with Crippen molar-refractivity contribution in [1.29, 1.82) is 0 Å². The molecule has 6 nitrogen and oxygen atoms in total. The summed E-state index contributed by atoms with van der Waals surface area (Å²) in [4.78, 5) is 38.5. The highest BCUT2D eigenvalue weighted by Crippen LogP contribution is 2.36. The maximum absolute atomic E-state index is 13.2. The fourth-order valence-corrected chi connectivity index (χ4v) is 3.67. The van der Waals surface area contributed by atoms with Crippen LogP contribution in [0, 0.1) is 0 Å². The molecule has 0 bridgehead atoms. The van der Waals surface area contributed by atoms with Gasteiger partial charge in [0.05, 0.1) is 0 Å². The van der Waals surface area contributed by atoms with Crippen molar-refractivity contribution in [3.63, 3.8) is 0 Å². The van der Waals surface area contributed by atoms with Crippen LogP contribution in [0.1, 0.15) is 42.9 Å². The molecule has 1 saturated heterocycles. The smallest absolute Gasteiger partial charge is 0.303 e. The maximum Gasteiger partial charge on any atom is 0.303 e. The molecule has 156 valence electrons. The van der Waals surface area contributed by atoms with Crippen molar-refractivity contribution in [2.75, 3.05) is 6.54 Å². The monoisotopic (exact) mass is 427 g/mol. The minimum Gasteiger partial charge on any atom is -0.506 e. The van der Waals surface area contributed by atoms with E-state index < -0.39 is 23.7 Å². The van der Waals surface area contributed by atoms with Crippen LogP contribution in [0.15, 0.2) is 60.2 Å². The maximum atomic E-state index is 13.2. The first-order chi connectivity index (χ1) is 14.4. The van der Waals surface area contributed by atoms with Crippen molar-refractivity contribution < 1.29 is 24.6 Å². The highest BCUT2D eigenvalue weighted by molar-refractivity contribution is 6.31. The minimum atomic E-state index is -0.859. The summed E-state index contributed by atoms with van der Waals surface area (Å²) in [6, 6.07) is 14.4. The van der Waals surface area contributed by atoms with Crippen molar-refractivity contribution in [2.24, 2.45) is 0 Å². The predicted octanol–water partition coefficient (Wildman–Crippen LogP) is 4.41. The van der Waals surface area contributed by atoms with Crippen molar-refractivity contribution in [3.8, 4) is 0 Å². The van der Waals surface area contributed by atoms with Crippen LogP contribution in [-0.2, 0) is 14.4 Å². The van der Waals surface area contributed by atoms with E-state index in [9.17, 15) is 19.5 Å². The Labute approximate surface area is 179 Å². The molecule has 1 fully saturated rings. The molecule has 1 heterocycles. The lowest BCUT2D eigenvalue weighted by Gasteiger charge is -2.23. The molecule has 30 heavy (non-hydrogen) atoms. The largest absolute Gasteiger partial charge is 0.506 e. The number of carboxylic acid groups (broad SMARTS) is 1. The fraction of sp³-hybridized carbons (Fsp3) is 0.261. The Kier molecular flexibility index (Phi) is 6.90. The highest BCUT2D eigenvalue weighted by atomic mass is 35.5. The number of aliphatic hydroxyl groups is 1. The third kappa shape index (κ3) is 4.71. The van der Waals surface area contributed by atoms with E-state index >= 15 is 0 Å². The number of aliphatic carboxylic acids is 1. The van der Waals surface area contributed by atoms with Gasteiger partial charge >= 0.3 is 5.97 Å². The van der Waals surface area contributed by atoms with E-state index in [0.717, 1.165) is 0 Å². The van der Waals surface area contributed by atoms with Crippen LogP contribution in [0.3, 0.4) is 0 Å². The standard InChI is InChI=1S/C23H22ClNO5/c24-17-12-10-16(11-13-17)21(28)19-22(29)20(15-7-3-1-4-8-15)25(23(19)30)14-6-2-5-9-18(26)27/h1,3-4,7-8,10-13,20,28H,2,5-6,9,14H2,(H,26,27)/b21-19-. The molecule has 7 heteroatoms. The molecule has 1 aliphatic rings. The van der Waals surface area contributed by atoms with Crippen LogP contribution in [0.4, 0.5) is 0 Å². The van der Waals surface area contributed by atoms with Gasteiger partial charge in [0, 0.05) is 23.6 Å². The van der Waals surface area contributed by atoms with E-state index in [4.69, 9.17) is 16.7 Å². The highest BCUT2D eigenvalue weighted by Gasteiger charge is 2.45. The molecule has 0 saturated carbocycles. The summed E-state index contributed by atoms with van der Waals surface area (Å²) < 4.78 is 0. The summed E-state index contributed by atoms with van der Waals surface area (Å²) in [5.74, 6) is -2.21. The molecule has 0 aliphatic carbocycles. The Morgan fingerprint density at radius 1 is 0.933 bits per heavy atom. The van der Waals surface area contributed by atoms with Gasteiger partial charge in [-0.3, -0.25) is 14.4 Å². The summed E-state index contributed by atoms with van der Waals surface area (Å²) in [6.45, 7) is 0.293. The number of halogens is 1. The second-order valence-corrected chi connectivity index (χ2v) is 7.55. The molecule has 0 radical (unpaired) electrons. The molecule has 2 aromatic rings. The van der Waals surface area contributed by atoms with E-state index in [1.807, 2.05) is 6.07 Å². The summed E-state index contributed by atoms with van der Waals surface area (Å²) >= 11 is 5.89. The minimum absolute atomic E-state index is 0.0670. The van der Waals surface area contributed by atoms with E-state index in [1.165, 1.54) is 4.90 Å². The predicted molar refractivity (Wildman–Crippen MR) is 113 cm³/mol. The van der Waals surface area contributed by atoms with Crippen molar-refractivity contribution in [2.45, 2.75) is 31.7 Å². The van der Waals surface area contributed by atoms with Gasteiger partial charge in [0.25, 0.3) is 5.91 Å². The molecule has 3 rings (SSSR count). The molecule has 1 aliphatic heterocycles. The number of aliphatic hydroxyl groups excluding tert-OH is 1. The number of carbonyl (C=O) groups excluding carboxylic acids is 2. The lowest BCUT2D eigenvalue weighted by atomic mass is 9.99. The van der Waals surface area contributed by atoms with Crippen LogP contribution in [0.25, 0.3) is 5.76 Å². The Hall–Kier alpha value is -3.12. The van der Waals surface area contributed by atoms with Gasteiger partial charge in [0.2, 0.25) is 0 Å². The molecule has 1 atom stereocenters. The number of ketones is 1. The van der Waals surface area contributed by atoms with Crippen molar-refractivity contribution in [3.05, 3.63) is 76.3 Å². The number of rotatable bonds is 8. The zero-order chi connectivity index (χ0) is 21.7. The number of likely N-dealkylation sites (tertiary alicyclic amines) is 1. The first kappa shape index (κ1) is 21.6. The summed E-state index contributed by atoms with van der Waals surface area (Å²) in [7, 11) is 0. The van der Waals surface area contributed by atoms with Gasteiger partial charge < -0.3 is 15.1 Å². The topological polar surface area (TPSA) is 94.9 Å². The number of carbonyl (C=O) groups is 3. The van der Waals surface area contributed by atoms with Crippen molar-refractivity contribution >= 4 is 35.0 Å². The molecule has 1 amide bonds. The number of unbranched alkanes of at least 4 members (excludes halogenated alkanes) is 2. The number of hydrogen-bond acceptors (Lipinski definition) is 4. The lowest BCUT2D eigenvalue weighted by molar-refractivity contribution is -0.137. The molecule has 1 unspecified atom stereocenters. The van der Waals surface area contributed by atoms with Crippen LogP contribution >= 0.6 is 11.6 Å². The SMILES string of the molecule is O=C(O)CCCCCN1C(=O)/C(=C(\O)c2ccc(Cl)cc2)C(=O)C1c1ccccc1. The quantitative estimate of drug-likeness (QED) is 0.281. The Bertz CT molecular complexity index is 969. The van der Waals surface area contributed by atoms with Crippen molar-refractivity contribution in [1.82, 2.24) is 4.90 Å². The third-order valence-corrected chi connectivity index (χ3v) is 5.29. The Balaban J connectivity index is 1.90. The number of hydrogen-bond donors (Lipinski definition) is 2. The molecule has 2 N–H and O–H groups in total. The number of amides is 1. The average Bonchev–Trinajstić information content (AvgIpc) is 2.98. The Morgan fingerprint density at radius 3 is 2.23 bits per heavy atom. The second kappa shape index (κ2) is 9.59. The third-order valence-electron chi connectivity index (χ3n) is 5.04. The lowest BCUT2D eigenvalue weighted by Crippen LogP contribution is -2.30. The summed E-state index contributed by atoms with van der Waals surface area (Å²) in [5.41, 5.74) is 0.767. The van der Waals surface area contributed by atoms with Gasteiger partial charge in [-0.25, -0.2) is 0 Å². The summed E-state index contributed by atoms with van der Waals surface area (Å²) in [5, 5.41) is 19.9. The molecule has 0 spiro atoms. The first-order valence-corrected chi connectivity index (χ1v) is 10.1. The normalized spacial score (nSPS) is 18.0. The van der Waals surface area contributed by atoms with E-state index in [-0.39, 0.29) is 17.8 Å². The molecule has 2 aromatic carbocycles. The van der Waals surface area contributed by atoms with Crippen LogP contribution in [0.2, 0.25) is 5.02 Å². The van der Waals surface area contributed by atoms with E-state index in [2.05, 4.69) is 0 Å². The molecular weight excluding hydrogens is 406 g/mol. The number of benzene rings is 2. The van der Waals surface area contributed by atoms with E-state index in [1.54, 1.807) is 48.5 Å². The zero-order valence-corrected chi connectivity index (χ0v) is 17.0. The van der Waals surface area contributed by atoms with Gasteiger partial charge in [0.1, 0.15) is 17.4 Å². The number of nitrogens with zero attached hydrogens (tertiary/aromatic N) is 1. The number of Topliss-reactive ketones (excluding diaryl/α,β-unsaturated/α-hetero) is 1. The average molecular weight is 428 g/mol. The van der Waals surface area contributed by atoms with Gasteiger partial charge in [0.15, 0.2) is 5.78 Å². The first-order valence-electron chi connectivity index (χ1n) is 9.71. The fourth-order valence-electron chi connectivity index (χ4n) is 3.55. The van der Waals surface area contributed by atoms with Crippen LogP contribution < -0.4 is 0 Å². The molecule has 0 aromatic heterocycles. The summed E-state index contributed by atoms with van der Waals surface area (Å²) in [6.07, 6.45) is 1.75. The van der Waals surface area contributed by atoms with Gasteiger partial charge in [-0.15, -0.1) is 0 Å². The second-order valence-electron chi connectivity index (χ2n) is 7.11. The molecular formula is C23H22ClNO5. The Morgan fingerprint density at radius 2 is 1.60 bits per heavy atom.